The lowest BCUT2D eigenvalue weighted by Gasteiger charge is -2.36. The molecule has 2 heterocycles. The largest absolute Gasteiger partial charge is 0.486 e. The lowest BCUT2D eigenvalue weighted by atomic mass is 10.1. The predicted octanol–water partition coefficient (Wildman–Crippen LogP) is -0.0306. The Morgan fingerprint density at radius 3 is 2.81 bits per heavy atom. The van der Waals surface area contributed by atoms with Crippen LogP contribution in [0.4, 0.5) is 10.5 Å². The maximum atomic E-state index is 12.3. The quantitative estimate of drug-likeness (QED) is 0.394. The van der Waals surface area contributed by atoms with Crippen LogP contribution in [0.15, 0.2) is 18.2 Å². The molecule has 144 valence electrons. The van der Waals surface area contributed by atoms with Gasteiger partial charge in [0.1, 0.15) is 19.5 Å². The van der Waals surface area contributed by atoms with Crippen LogP contribution in [0.5, 0.6) is 11.5 Å². The summed E-state index contributed by atoms with van der Waals surface area (Å²) in [5, 5.41) is 18.9. The summed E-state index contributed by atoms with van der Waals surface area (Å²) >= 11 is 0. The van der Waals surface area contributed by atoms with Gasteiger partial charge >= 0.3 is 6.03 Å². The second-order valence-electron chi connectivity index (χ2n) is 6.47. The summed E-state index contributed by atoms with van der Waals surface area (Å²) in [6, 6.07) is 5.34. The Bertz CT molecular complexity index is 614. The van der Waals surface area contributed by atoms with E-state index >= 15 is 0 Å². The van der Waals surface area contributed by atoms with E-state index in [0.717, 1.165) is 19.5 Å². The summed E-state index contributed by atoms with van der Waals surface area (Å²) in [6.45, 7) is 4.90. The second-order valence-corrected chi connectivity index (χ2v) is 6.47. The van der Waals surface area contributed by atoms with Crippen molar-refractivity contribution in [1.82, 2.24) is 26.6 Å². The summed E-state index contributed by atoms with van der Waals surface area (Å²) in [5.41, 5.74) is 0.652. The maximum absolute atomic E-state index is 12.3. The van der Waals surface area contributed by atoms with Crippen LogP contribution in [0.25, 0.3) is 0 Å². The summed E-state index contributed by atoms with van der Waals surface area (Å²) in [6.07, 6.45) is 0.758. The zero-order valence-corrected chi connectivity index (χ0v) is 15.2. The summed E-state index contributed by atoms with van der Waals surface area (Å²) < 4.78 is 11.0. The number of hydrogen-bond donors (Lipinski definition) is 6. The van der Waals surface area contributed by atoms with Crippen molar-refractivity contribution in [3.63, 3.8) is 0 Å². The number of likely N-dealkylation sites (N-methyl/N-ethyl adjacent to an activating group) is 1. The highest BCUT2D eigenvalue weighted by Gasteiger charge is 2.25. The average molecular weight is 364 g/mol. The van der Waals surface area contributed by atoms with Gasteiger partial charge in [0.15, 0.2) is 11.5 Å². The first-order valence-corrected chi connectivity index (χ1v) is 9.01. The minimum Gasteiger partial charge on any atom is -0.486 e. The predicted molar refractivity (Wildman–Crippen MR) is 99.4 cm³/mol. The first kappa shape index (κ1) is 18.7. The molecule has 3 unspecified atom stereocenters. The molecule has 2 aliphatic rings. The molecule has 9 heteroatoms. The van der Waals surface area contributed by atoms with Crippen molar-refractivity contribution in [1.29, 1.82) is 0 Å². The molecule has 3 atom stereocenters. The molecular formula is C17H28N6O3. The molecule has 26 heavy (non-hydrogen) atoms. The van der Waals surface area contributed by atoms with Gasteiger partial charge in [0.05, 0.1) is 6.17 Å². The third kappa shape index (κ3) is 5.21. The van der Waals surface area contributed by atoms with Gasteiger partial charge in [0, 0.05) is 30.9 Å². The number of benzene rings is 1. The Morgan fingerprint density at radius 2 is 2.00 bits per heavy atom. The Kier molecular flexibility index (Phi) is 6.51. The van der Waals surface area contributed by atoms with Crippen LogP contribution >= 0.6 is 0 Å². The van der Waals surface area contributed by atoms with Crippen molar-refractivity contribution in [3.05, 3.63) is 18.2 Å². The fraction of sp³-hybridized carbons (Fsp3) is 0.588. The van der Waals surface area contributed by atoms with E-state index < -0.39 is 0 Å². The standard InChI is InChI=1S/C17H28N6O3/c1-11-9-15(19-6-5-18-2)22-16(20-11)23-17(24)21-12-3-4-13-14(10-12)26-8-7-25-13/h3-4,10-11,15-16,18-20,22H,5-9H2,1-2H3,(H2,21,23,24). The molecule has 0 saturated carbocycles. The van der Waals surface area contributed by atoms with Gasteiger partial charge in [0.2, 0.25) is 0 Å². The molecule has 0 bridgehead atoms. The summed E-state index contributed by atoms with van der Waals surface area (Å²) in [4.78, 5) is 12.3. The highest BCUT2D eigenvalue weighted by molar-refractivity contribution is 5.89. The molecule has 6 N–H and O–H groups in total. The highest BCUT2D eigenvalue weighted by Crippen LogP contribution is 2.32. The molecule has 1 saturated heterocycles. The number of anilines is 1. The zero-order chi connectivity index (χ0) is 18.4. The highest BCUT2D eigenvalue weighted by atomic mass is 16.6. The SMILES string of the molecule is CNCCNC1CC(C)NC(NC(=O)Nc2ccc3c(c2)OCCO3)N1. The third-order valence-corrected chi connectivity index (χ3v) is 4.25. The minimum absolute atomic E-state index is 0.138. The topological polar surface area (TPSA) is 108 Å². The molecule has 3 rings (SSSR count). The molecule has 0 radical (unpaired) electrons. The first-order chi connectivity index (χ1) is 12.6. The van der Waals surface area contributed by atoms with Crippen LogP contribution in [-0.4, -0.2) is 57.9 Å². The molecule has 2 aliphatic heterocycles. The molecule has 9 nitrogen and oxygen atoms in total. The fourth-order valence-electron chi connectivity index (χ4n) is 3.04. The Hall–Kier alpha value is -2.07. The molecule has 1 aromatic carbocycles. The van der Waals surface area contributed by atoms with Crippen LogP contribution in [-0.2, 0) is 0 Å². The van der Waals surface area contributed by atoms with Crippen molar-refractivity contribution < 1.29 is 14.3 Å². The minimum atomic E-state index is -0.317. The Labute approximate surface area is 153 Å². The number of rotatable bonds is 6. The number of hydrogen-bond acceptors (Lipinski definition) is 7. The van der Waals surface area contributed by atoms with E-state index in [1.807, 2.05) is 7.05 Å². The van der Waals surface area contributed by atoms with Gasteiger partial charge in [0.25, 0.3) is 0 Å². The van der Waals surface area contributed by atoms with Crippen molar-refractivity contribution in [3.8, 4) is 11.5 Å². The van der Waals surface area contributed by atoms with Crippen molar-refractivity contribution in [2.24, 2.45) is 0 Å². The van der Waals surface area contributed by atoms with E-state index in [4.69, 9.17) is 9.47 Å². The van der Waals surface area contributed by atoms with E-state index in [1.54, 1.807) is 18.2 Å². The van der Waals surface area contributed by atoms with E-state index in [2.05, 4.69) is 38.8 Å². The molecule has 0 spiro atoms. The summed E-state index contributed by atoms with van der Waals surface area (Å²) in [5.74, 6) is 1.34. The maximum Gasteiger partial charge on any atom is 0.321 e. The molecule has 1 fully saturated rings. The van der Waals surface area contributed by atoms with Crippen LogP contribution in [0.1, 0.15) is 13.3 Å². The monoisotopic (exact) mass is 364 g/mol. The van der Waals surface area contributed by atoms with E-state index in [0.29, 0.717) is 30.4 Å². The van der Waals surface area contributed by atoms with Gasteiger partial charge in [-0.2, -0.15) is 0 Å². The second kappa shape index (κ2) is 9.04. The van der Waals surface area contributed by atoms with Gasteiger partial charge in [-0.1, -0.05) is 0 Å². The molecule has 0 aromatic heterocycles. The lowest BCUT2D eigenvalue weighted by Crippen LogP contribution is -2.68. The normalized spacial score (nSPS) is 24.8. The number of ether oxygens (including phenoxy) is 2. The van der Waals surface area contributed by atoms with E-state index in [9.17, 15) is 4.79 Å². The number of carbonyl (C=O) groups excluding carboxylic acids is 1. The smallest absolute Gasteiger partial charge is 0.321 e. The summed E-state index contributed by atoms with van der Waals surface area (Å²) in [7, 11) is 1.92. The van der Waals surface area contributed by atoms with Gasteiger partial charge in [-0.15, -0.1) is 0 Å². The van der Waals surface area contributed by atoms with Crippen molar-refractivity contribution in [2.75, 3.05) is 38.7 Å². The molecule has 2 amide bonds. The van der Waals surface area contributed by atoms with Crippen LogP contribution in [0.3, 0.4) is 0 Å². The molecule has 0 aliphatic carbocycles. The van der Waals surface area contributed by atoms with Crippen LogP contribution in [0.2, 0.25) is 0 Å². The van der Waals surface area contributed by atoms with Gasteiger partial charge < -0.3 is 30.7 Å². The van der Waals surface area contributed by atoms with E-state index in [-0.39, 0.29) is 24.5 Å². The number of carbonyl (C=O) groups is 1. The van der Waals surface area contributed by atoms with Gasteiger partial charge in [-0.3, -0.25) is 10.6 Å². The average Bonchev–Trinajstić information content (AvgIpc) is 2.61. The molecular weight excluding hydrogens is 336 g/mol. The van der Waals surface area contributed by atoms with Crippen molar-refractivity contribution >= 4 is 11.7 Å². The van der Waals surface area contributed by atoms with Gasteiger partial charge in [-0.25, -0.2) is 4.79 Å². The van der Waals surface area contributed by atoms with E-state index in [1.165, 1.54) is 0 Å². The number of amides is 2. The number of urea groups is 1. The fourth-order valence-corrected chi connectivity index (χ4v) is 3.04. The number of fused-ring (bicyclic) bond motifs is 1. The Morgan fingerprint density at radius 1 is 1.19 bits per heavy atom. The first-order valence-electron chi connectivity index (χ1n) is 9.01. The van der Waals surface area contributed by atoms with Gasteiger partial charge in [-0.05, 0) is 32.5 Å². The van der Waals surface area contributed by atoms with Crippen LogP contribution in [0, 0.1) is 0 Å². The zero-order valence-electron chi connectivity index (χ0n) is 15.2. The third-order valence-electron chi connectivity index (χ3n) is 4.25. The molecule has 1 aromatic rings. The van der Waals surface area contributed by atoms with Crippen LogP contribution < -0.4 is 41.4 Å². The lowest BCUT2D eigenvalue weighted by molar-refractivity contribution is 0.171. The van der Waals surface area contributed by atoms with Crippen molar-refractivity contribution in [2.45, 2.75) is 31.8 Å². The number of nitrogens with one attached hydrogen (secondary N) is 6. The Balaban J connectivity index is 1.50.